The minimum Gasteiger partial charge on any atom is -0.298 e. The Morgan fingerprint density at radius 1 is 1.33 bits per heavy atom. The summed E-state index contributed by atoms with van der Waals surface area (Å²) >= 11 is 3.23. The third-order valence-electron chi connectivity index (χ3n) is 2.42. The Morgan fingerprint density at radius 2 is 2.06 bits per heavy atom. The number of alkyl halides is 3. The Bertz CT molecular complexity index is 636. The van der Waals surface area contributed by atoms with Crippen molar-refractivity contribution in [3.8, 4) is 0 Å². The molecule has 0 atom stereocenters. The van der Waals surface area contributed by atoms with Gasteiger partial charge in [-0.15, -0.1) is 0 Å². The SMILES string of the molecule is O=c1c2ccc(Br)cc2ncn1CCC(F)(F)F. The monoisotopic (exact) mass is 320 g/mol. The van der Waals surface area contributed by atoms with Crippen molar-refractivity contribution in [3.05, 3.63) is 39.4 Å². The highest BCUT2D eigenvalue weighted by Crippen LogP contribution is 2.20. The van der Waals surface area contributed by atoms with Gasteiger partial charge in [0.05, 0.1) is 23.7 Å². The highest BCUT2D eigenvalue weighted by molar-refractivity contribution is 9.10. The Balaban J connectivity index is 2.40. The van der Waals surface area contributed by atoms with E-state index in [2.05, 4.69) is 20.9 Å². The van der Waals surface area contributed by atoms with Crippen LogP contribution in [0, 0.1) is 0 Å². The van der Waals surface area contributed by atoms with Gasteiger partial charge in [0, 0.05) is 11.0 Å². The predicted molar refractivity (Wildman–Crippen MR) is 64.4 cm³/mol. The standard InChI is InChI=1S/C11H8BrF3N2O/c12-7-1-2-8-9(5-7)16-6-17(10(8)18)4-3-11(13,14)15/h1-2,5-6H,3-4H2. The summed E-state index contributed by atoms with van der Waals surface area (Å²) in [6, 6.07) is 4.84. The molecular formula is C11H8BrF3N2O. The van der Waals surface area contributed by atoms with Crippen molar-refractivity contribution >= 4 is 26.8 Å². The van der Waals surface area contributed by atoms with Crippen LogP contribution in [0.25, 0.3) is 10.9 Å². The van der Waals surface area contributed by atoms with Gasteiger partial charge in [0.1, 0.15) is 0 Å². The molecule has 0 unspecified atom stereocenters. The van der Waals surface area contributed by atoms with Crippen LogP contribution in [-0.4, -0.2) is 15.7 Å². The fraction of sp³-hybridized carbons (Fsp3) is 0.273. The van der Waals surface area contributed by atoms with Crippen molar-refractivity contribution in [2.75, 3.05) is 0 Å². The lowest BCUT2D eigenvalue weighted by Crippen LogP contribution is -2.23. The van der Waals surface area contributed by atoms with Gasteiger partial charge in [-0.05, 0) is 18.2 Å². The summed E-state index contributed by atoms with van der Waals surface area (Å²) in [4.78, 5) is 15.9. The van der Waals surface area contributed by atoms with Crippen LogP contribution in [0.2, 0.25) is 0 Å². The van der Waals surface area contributed by atoms with E-state index in [-0.39, 0.29) is 0 Å². The maximum absolute atomic E-state index is 12.1. The van der Waals surface area contributed by atoms with Crippen LogP contribution in [0.1, 0.15) is 6.42 Å². The summed E-state index contributed by atoms with van der Waals surface area (Å²) in [7, 11) is 0. The van der Waals surface area contributed by atoms with E-state index in [1.807, 2.05) is 0 Å². The lowest BCUT2D eigenvalue weighted by atomic mass is 10.2. The van der Waals surface area contributed by atoms with Crippen LogP contribution in [0.5, 0.6) is 0 Å². The molecule has 7 heteroatoms. The molecule has 2 rings (SSSR count). The molecule has 18 heavy (non-hydrogen) atoms. The van der Waals surface area contributed by atoms with Crippen molar-refractivity contribution in [2.45, 2.75) is 19.1 Å². The minimum absolute atomic E-state index is 0.308. The number of nitrogens with zero attached hydrogens (tertiary/aromatic N) is 2. The first kappa shape index (κ1) is 13.1. The van der Waals surface area contributed by atoms with E-state index < -0.39 is 24.7 Å². The molecule has 2 aromatic rings. The van der Waals surface area contributed by atoms with Crippen molar-refractivity contribution in [2.24, 2.45) is 0 Å². The summed E-state index contributed by atoms with van der Waals surface area (Å²) in [5, 5.41) is 0.308. The van der Waals surface area contributed by atoms with Gasteiger partial charge in [0.15, 0.2) is 0 Å². The van der Waals surface area contributed by atoms with E-state index in [0.717, 1.165) is 15.4 Å². The molecule has 0 saturated heterocycles. The quantitative estimate of drug-likeness (QED) is 0.852. The number of rotatable bonds is 2. The molecule has 1 aromatic heterocycles. The molecule has 0 amide bonds. The molecule has 3 nitrogen and oxygen atoms in total. The molecule has 0 aliphatic heterocycles. The van der Waals surface area contributed by atoms with Gasteiger partial charge < -0.3 is 0 Å². The molecule has 0 bridgehead atoms. The molecule has 0 N–H and O–H groups in total. The van der Waals surface area contributed by atoms with Crippen LogP contribution in [0.15, 0.2) is 33.8 Å². The third kappa shape index (κ3) is 2.90. The number of hydrogen-bond donors (Lipinski definition) is 0. The van der Waals surface area contributed by atoms with Gasteiger partial charge in [-0.1, -0.05) is 15.9 Å². The zero-order valence-corrected chi connectivity index (χ0v) is 10.6. The van der Waals surface area contributed by atoms with E-state index in [1.165, 1.54) is 0 Å². The topological polar surface area (TPSA) is 34.9 Å². The molecular weight excluding hydrogens is 313 g/mol. The normalized spacial score (nSPS) is 12.0. The second kappa shape index (κ2) is 4.72. The number of hydrogen-bond acceptors (Lipinski definition) is 2. The third-order valence-corrected chi connectivity index (χ3v) is 2.92. The molecule has 1 aromatic carbocycles. The van der Waals surface area contributed by atoms with E-state index in [9.17, 15) is 18.0 Å². The van der Waals surface area contributed by atoms with E-state index in [0.29, 0.717) is 10.9 Å². The van der Waals surface area contributed by atoms with Gasteiger partial charge in [-0.25, -0.2) is 4.98 Å². The first-order chi connectivity index (χ1) is 8.37. The Kier molecular flexibility index (Phi) is 3.43. The Labute approximate surface area is 108 Å². The van der Waals surface area contributed by atoms with Crippen LogP contribution >= 0.6 is 15.9 Å². The highest BCUT2D eigenvalue weighted by Gasteiger charge is 2.26. The van der Waals surface area contributed by atoms with Crippen molar-refractivity contribution in [3.63, 3.8) is 0 Å². The Hall–Kier alpha value is -1.37. The summed E-state index contributed by atoms with van der Waals surface area (Å²) in [6.45, 7) is -0.415. The first-order valence-electron chi connectivity index (χ1n) is 5.08. The lowest BCUT2D eigenvalue weighted by molar-refractivity contribution is -0.136. The first-order valence-corrected chi connectivity index (χ1v) is 5.87. The fourth-order valence-corrected chi connectivity index (χ4v) is 1.89. The van der Waals surface area contributed by atoms with Gasteiger partial charge in [0.2, 0.25) is 0 Å². The average molecular weight is 321 g/mol. The molecule has 0 radical (unpaired) electrons. The largest absolute Gasteiger partial charge is 0.390 e. The summed E-state index contributed by atoms with van der Waals surface area (Å²) in [6.07, 6.45) is -4.19. The maximum atomic E-state index is 12.1. The number of benzene rings is 1. The van der Waals surface area contributed by atoms with Crippen LogP contribution in [0.3, 0.4) is 0 Å². The zero-order valence-electron chi connectivity index (χ0n) is 9.04. The van der Waals surface area contributed by atoms with Gasteiger partial charge >= 0.3 is 6.18 Å². The number of aromatic nitrogens is 2. The van der Waals surface area contributed by atoms with Crippen LogP contribution in [0.4, 0.5) is 13.2 Å². The molecule has 96 valence electrons. The number of aryl methyl sites for hydroxylation is 1. The molecule has 0 fully saturated rings. The average Bonchev–Trinajstić information content (AvgIpc) is 2.26. The smallest absolute Gasteiger partial charge is 0.298 e. The van der Waals surface area contributed by atoms with E-state index >= 15 is 0 Å². The zero-order chi connectivity index (χ0) is 13.3. The fourth-order valence-electron chi connectivity index (χ4n) is 1.54. The van der Waals surface area contributed by atoms with Crippen LogP contribution < -0.4 is 5.56 Å². The van der Waals surface area contributed by atoms with Crippen molar-refractivity contribution < 1.29 is 13.2 Å². The number of halogens is 4. The predicted octanol–water partition coefficient (Wildman–Crippen LogP) is 3.11. The molecule has 1 heterocycles. The van der Waals surface area contributed by atoms with Gasteiger partial charge in [-0.3, -0.25) is 9.36 Å². The minimum atomic E-state index is -4.28. The molecule has 0 aliphatic carbocycles. The van der Waals surface area contributed by atoms with E-state index in [1.54, 1.807) is 18.2 Å². The Morgan fingerprint density at radius 3 is 2.72 bits per heavy atom. The van der Waals surface area contributed by atoms with Gasteiger partial charge in [0.25, 0.3) is 5.56 Å². The summed E-state index contributed by atoms with van der Waals surface area (Å²) in [5.74, 6) is 0. The number of fused-ring (bicyclic) bond motifs is 1. The second-order valence-corrected chi connectivity index (χ2v) is 4.69. The lowest BCUT2D eigenvalue weighted by Gasteiger charge is -2.08. The molecule has 0 spiro atoms. The molecule has 0 saturated carbocycles. The van der Waals surface area contributed by atoms with Crippen molar-refractivity contribution in [1.29, 1.82) is 0 Å². The molecule has 0 aliphatic rings. The summed E-state index contributed by atoms with van der Waals surface area (Å²) in [5.41, 5.74) is -0.00520. The maximum Gasteiger partial charge on any atom is 0.390 e. The van der Waals surface area contributed by atoms with Crippen molar-refractivity contribution in [1.82, 2.24) is 9.55 Å². The van der Waals surface area contributed by atoms with Crippen LogP contribution in [-0.2, 0) is 6.54 Å². The highest BCUT2D eigenvalue weighted by atomic mass is 79.9. The van der Waals surface area contributed by atoms with Gasteiger partial charge in [-0.2, -0.15) is 13.2 Å². The second-order valence-electron chi connectivity index (χ2n) is 3.77. The van der Waals surface area contributed by atoms with E-state index in [4.69, 9.17) is 0 Å². The summed E-state index contributed by atoms with van der Waals surface area (Å²) < 4.78 is 38.0.